The highest BCUT2D eigenvalue weighted by Crippen LogP contribution is 2.22. The lowest BCUT2D eigenvalue weighted by atomic mass is 10.1. The molecule has 4 aromatic heterocycles. The Balaban J connectivity index is 1.78. The van der Waals surface area contributed by atoms with Crippen LogP contribution in [0.15, 0.2) is 42.4 Å². The summed E-state index contributed by atoms with van der Waals surface area (Å²) in [6.07, 6.45) is 6.43. The van der Waals surface area contributed by atoms with Gasteiger partial charge in [-0.05, 0) is 19.1 Å². The van der Waals surface area contributed by atoms with E-state index in [0.29, 0.717) is 16.3 Å². The van der Waals surface area contributed by atoms with Crippen LogP contribution in [-0.2, 0) is 0 Å². The normalized spacial score (nSPS) is 10.9. The van der Waals surface area contributed by atoms with Crippen LogP contribution < -0.4 is 5.32 Å². The molecule has 8 nitrogen and oxygen atoms in total. The lowest BCUT2D eigenvalue weighted by Crippen LogP contribution is -2.14. The van der Waals surface area contributed by atoms with Crippen molar-refractivity contribution in [2.24, 2.45) is 0 Å². The van der Waals surface area contributed by atoms with Crippen molar-refractivity contribution in [3.8, 4) is 11.1 Å². The molecule has 1 N–H and O–H groups in total. The Bertz CT molecular complexity index is 1020. The van der Waals surface area contributed by atoms with Crippen molar-refractivity contribution in [3.63, 3.8) is 0 Å². The van der Waals surface area contributed by atoms with E-state index in [2.05, 4.69) is 30.6 Å². The first-order valence-corrected chi connectivity index (χ1v) is 7.92. The smallest absolute Gasteiger partial charge is 0.261 e. The molecule has 0 aliphatic heterocycles. The van der Waals surface area contributed by atoms with E-state index in [1.807, 2.05) is 18.4 Å². The molecule has 0 aliphatic rings. The summed E-state index contributed by atoms with van der Waals surface area (Å²) in [6, 6.07) is 3.58. The van der Waals surface area contributed by atoms with Crippen LogP contribution in [-0.4, -0.2) is 35.7 Å². The molecule has 0 aliphatic carbocycles. The Kier molecular flexibility index (Phi) is 3.47. The monoisotopic (exact) mass is 337 g/mol. The molecule has 0 fully saturated rings. The fourth-order valence-electron chi connectivity index (χ4n) is 2.29. The van der Waals surface area contributed by atoms with Crippen molar-refractivity contribution in [1.29, 1.82) is 0 Å². The molecule has 4 rings (SSSR count). The zero-order chi connectivity index (χ0) is 16.5. The predicted molar refractivity (Wildman–Crippen MR) is 88.8 cm³/mol. The summed E-state index contributed by atoms with van der Waals surface area (Å²) in [5.74, 6) is -0.286. The topological polar surface area (TPSA) is 98.0 Å². The molecule has 4 heterocycles. The summed E-state index contributed by atoms with van der Waals surface area (Å²) in [5, 5.41) is 17.0. The number of aromatic nitrogens is 6. The Morgan fingerprint density at radius 2 is 2.21 bits per heavy atom. The standard InChI is InChI=1S/C15H11N7OS/c1-9-7-24-15(20-9)21-14(23)12-4-11(10-2-3-17-18-5-10)6-22-13(12)16-8-19-22/h2-8H,1H3,(H,20,21,23). The van der Waals surface area contributed by atoms with Crippen LogP contribution in [0.25, 0.3) is 16.8 Å². The van der Waals surface area contributed by atoms with Crippen LogP contribution in [0.2, 0.25) is 0 Å². The van der Waals surface area contributed by atoms with Gasteiger partial charge in [0, 0.05) is 22.7 Å². The number of fused-ring (bicyclic) bond motifs is 1. The number of carbonyl (C=O) groups excluding carboxylic acids is 1. The Labute approximate surface area is 140 Å². The third-order valence-corrected chi connectivity index (χ3v) is 4.25. The first-order valence-electron chi connectivity index (χ1n) is 7.04. The number of pyridine rings is 1. The zero-order valence-electron chi connectivity index (χ0n) is 12.5. The average molecular weight is 337 g/mol. The van der Waals surface area contributed by atoms with Gasteiger partial charge < -0.3 is 0 Å². The minimum absolute atomic E-state index is 0.286. The maximum Gasteiger partial charge on any atom is 0.261 e. The number of nitrogens with zero attached hydrogens (tertiary/aromatic N) is 6. The van der Waals surface area contributed by atoms with Crippen LogP contribution >= 0.6 is 11.3 Å². The molecule has 0 saturated carbocycles. The van der Waals surface area contributed by atoms with Crippen molar-refractivity contribution in [2.75, 3.05) is 5.32 Å². The van der Waals surface area contributed by atoms with E-state index in [1.165, 1.54) is 17.7 Å². The Morgan fingerprint density at radius 1 is 1.29 bits per heavy atom. The summed E-state index contributed by atoms with van der Waals surface area (Å²) < 4.78 is 1.57. The number of rotatable bonds is 3. The molecular weight excluding hydrogens is 326 g/mol. The predicted octanol–water partition coefficient (Wildman–Crippen LogP) is 2.20. The molecule has 0 aromatic carbocycles. The molecule has 0 atom stereocenters. The molecule has 0 radical (unpaired) electrons. The SMILES string of the molecule is Cc1csc(NC(=O)c2cc(-c3ccnnc3)cn3ncnc23)n1. The second kappa shape index (κ2) is 5.78. The quantitative estimate of drug-likeness (QED) is 0.615. The van der Waals surface area contributed by atoms with Gasteiger partial charge in [-0.3, -0.25) is 10.1 Å². The molecule has 24 heavy (non-hydrogen) atoms. The van der Waals surface area contributed by atoms with E-state index >= 15 is 0 Å². The molecule has 0 saturated heterocycles. The van der Waals surface area contributed by atoms with E-state index in [1.54, 1.807) is 29.2 Å². The van der Waals surface area contributed by atoms with Crippen LogP contribution in [0.3, 0.4) is 0 Å². The fourth-order valence-corrected chi connectivity index (χ4v) is 2.97. The third-order valence-electron chi connectivity index (χ3n) is 3.38. The minimum Gasteiger partial charge on any atom is -0.298 e. The van der Waals surface area contributed by atoms with Gasteiger partial charge in [0.1, 0.15) is 6.33 Å². The summed E-state index contributed by atoms with van der Waals surface area (Å²) >= 11 is 1.38. The summed E-state index contributed by atoms with van der Waals surface area (Å²) in [7, 11) is 0. The highest BCUT2D eigenvalue weighted by Gasteiger charge is 2.16. The maximum atomic E-state index is 12.7. The van der Waals surface area contributed by atoms with Crippen molar-refractivity contribution in [3.05, 3.63) is 53.7 Å². The van der Waals surface area contributed by atoms with Gasteiger partial charge >= 0.3 is 0 Å². The molecule has 0 spiro atoms. The Hall–Kier alpha value is -3.20. The van der Waals surface area contributed by atoms with Crippen LogP contribution in [0, 0.1) is 6.92 Å². The van der Waals surface area contributed by atoms with E-state index in [4.69, 9.17) is 0 Å². The van der Waals surface area contributed by atoms with Gasteiger partial charge in [0.2, 0.25) is 0 Å². The van der Waals surface area contributed by atoms with Gasteiger partial charge in [0.25, 0.3) is 5.91 Å². The maximum absolute atomic E-state index is 12.7. The number of hydrogen-bond donors (Lipinski definition) is 1. The zero-order valence-corrected chi connectivity index (χ0v) is 13.4. The average Bonchev–Trinajstić information content (AvgIpc) is 3.23. The largest absolute Gasteiger partial charge is 0.298 e. The van der Waals surface area contributed by atoms with Gasteiger partial charge in [0.05, 0.1) is 23.7 Å². The molecule has 1 amide bonds. The van der Waals surface area contributed by atoms with E-state index < -0.39 is 0 Å². The number of carbonyl (C=O) groups is 1. The van der Waals surface area contributed by atoms with Gasteiger partial charge in [-0.1, -0.05) is 0 Å². The number of amides is 1. The van der Waals surface area contributed by atoms with Gasteiger partial charge in [-0.15, -0.1) is 11.3 Å². The summed E-state index contributed by atoms with van der Waals surface area (Å²) in [5.41, 5.74) is 3.38. The highest BCUT2D eigenvalue weighted by atomic mass is 32.1. The van der Waals surface area contributed by atoms with E-state index in [-0.39, 0.29) is 5.91 Å². The molecule has 9 heteroatoms. The lowest BCUT2D eigenvalue weighted by Gasteiger charge is -2.07. The summed E-state index contributed by atoms with van der Waals surface area (Å²) in [6.45, 7) is 1.87. The van der Waals surface area contributed by atoms with Gasteiger partial charge in [0.15, 0.2) is 10.8 Å². The van der Waals surface area contributed by atoms with Crippen molar-refractivity contribution in [1.82, 2.24) is 29.8 Å². The van der Waals surface area contributed by atoms with Crippen LogP contribution in [0.4, 0.5) is 5.13 Å². The third kappa shape index (κ3) is 2.61. The summed E-state index contributed by atoms with van der Waals surface area (Å²) in [4.78, 5) is 21.1. The number of nitrogens with one attached hydrogen (secondary N) is 1. The molecule has 4 aromatic rings. The van der Waals surface area contributed by atoms with Crippen LogP contribution in [0.5, 0.6) is 0 Å². The fraction of sp³-hybridized carbons (Fsp3) is 0.0667. The van der Waals surface area contributed by atoms with Gasteiger partial charge in [-0.25, -0.2) is 14.5 Å². The van der Waals surface area contributed by atoms with Crippen LogP contribution in [0.1, 0.15) is 16.1 Å². The Morgan fingerprint density at radius 3 is 2.96 bits per heavy atom. The molecular formula is C15H11N7OS. The number of thiazole rings is 1. The van der Waals surface area contributed by atoms with Gasteiger partial charge in [-0.2, -0.15) is 15.3 Å². The second-order valence-electron chi connectivity index (χ2n) is 5.05. The molecule has 0 unspecified atom stereocenters. The van der Waals surface area contributed by atoms with Crippen molar-refractivity contribution < 1.29 is 4.79 Å². The highest BCUT2D eigenvalue weighted by molar-refractivity contribution is 7.13. The van der Waals surface area contributed by atoms with Crippen molar-refractivity contribution in [2.45, 2.75) is 6.92 Å². The lowest BCUT2D eigenvalue weighted by molar-refractivity contribution is 0.102. The molecule has 118 valence electrons. The van der Waals surface area contributed by atoms with Crippen molar-refractivity contribution >= 4 is 28.0 Å². The number of hydrogen-bond acceptors (Lipinski definition) is 7. The number of anilines is 1. The second-order valence-corrected chi connectivity index (χ2v) is 5.91. The molecule has 0 bridgehead atoms. The first-order chi connectivity index (χ1) is 11.7. The first kappa shape index (κ1) is 14.4. The number of aryl methyl sites for hydroxylation is 1. The van der Waals surface area contributed by atoms with E-state index in [9.17, 15) is 4.79 Å². The van der Waals surface area contributed by atoms with E-state index in [0.717, 1.165) is 16.8 Å². The minimum atomic E-state index is -0.286.